The Balaban J connectivity index is 1.95. The third-order valence-electron chi connectivity index (χ3n) is 2.83. The third kappa shape index (κ3) is 4.79. The fourth-order valence-electron chi connectivity index (χ4n) is 1.88. The first kappa shape index (κ1) is 15.9. The lowest BCUT2D eigenvalue weighted by Crippen LogP contribution is -2.15. The zero-order chi connectivity index (χ0) is 15.2. The number of rotatable bonds is 6. The SMILES string of the molecule is CC(C)Oc1ncccc1CNCc1ccc(Br)c(F)c1. The molecular weight excluding hydrogens is 335 g/mol. The minimum atomic E-state index is -0.250. The summed E-state index contributed by atoms with van der Waals surface area (Å²) in [5.41, 5.74) is 1.88. The van der Waals surface area contributed by atoms with Gasteiger partial charge in [-0.05, 0) is 53.5 Å². The number of nitrogens with one attached hydrogen (secondary N) is 1. The van der Waals surface area contributed by atoms with Gasteiger partial charge in [0.25, 0.3) is 0 Å². The van der Waals surface area contributed by atoms with Gasteiger partial charge in [-0.25, -0.2) is 9.37 Å². The molecule has 1 aromatic heterocycles. The molecule has 0 fully saturated rings. The highest BCUT2D eigenvalue weighted by atomic mass is 79.9. The summed E-state index contributed by atoms with van der Waals surface area (Å²) in [4.78, 5) is 4.24. The molecule has 0 aliphatic rings. The van der Waals surface area contributed by atoms with E-state index in [-0.39, 0.29) is 11.9 Å². The van der Waals surface area contributed by atoms with Gasteiger partial charge in [0.15, 0.2) is 0 Å². The zero-order valence-electron chi connectivity index (χ0n) is 12.1. The molecule has 1 aromatic carbocycles. The van der Waals surface area contributed by atoms with Gasteiger partial charge in [-0.15, -0.1) is 0 Å². The average molecular weight is 353 g/mol. The van der Waals surface area contributed by atoms with Crippen molar-refractivity contribution in [2.24, 2.45) is 0 Å². The maximum Gasteiger partial charge on any atom is 0.218 e. The Bertz CT molecular complexity index is 605. The van der Waals surface area contributed by atoms with Crippen molar-refractivity contribution < 1.29 is 9.13 Å². The summed E-state index contributed by atoms with van der Waals surface area (Å²) < 4.78 is 19.6. The van der Waals surface area contributed by atoms with Gasteiger partial charge in [-0.2, -0.15) is 0 Å². The van der Waals surface area contributed by atoms with E-state index in [9.17, 15) is 4.39 Å². The summed E-state index contributed by atoms with van der Waals surface area (Å²) in [5, 5.41) is 3.28. The van der Waals surface area contributed by atoms with Crippen molar-refractivity contribution >= 4 is 15.9 Å². The monoisotopic (exact) mass is 352 g/mol. The second kappa shape index (κ2) is 7.52. The predicted octanol–water partition coefficient (Wildman–Crippen LogP) is 4.06. The van der Waals surface area contributed by atoms with Crippen LogP contribution in [0.5, 0.6) is 5.88 Å². The highest BCUT2D eigenvalue weighted by Gasteiger charge is 2.06. The molecule has 21 heavy (non-hydrogen) atoms. The Morgan fingerprint density at radius 3 is 2.81 bits per heavy atom. The third-order valence-corrected chi connectivity index (χ3v) is 3.47. The Morgan fingerprint density at radius 1 is 1.29 bits per heavy atom. The predicted molar refractivity (Wildman–Crippen MR) is 84.6 cm³/mol. The molecule has 1 heterocycles. The minimum Gasteiger partial charge on any atom is -0.475 e. The molecule has 0 bridgehead atoms. The minimum absolute atomic E-state index is 0.0826. The molecule has 0 aliphatic heterocycles. The molecule has 112 valence electrons. The highest BCUT2D eigenvalue weighted by Crippen LogP contribution is 2.18. The summed E-state index contributed by atoms with van der Waals surface area (Å²) in [5.74, 6) is 0.390. The normalized spacial score (nSPS) is 10.9. The number of aromatic nitrogens is 1. The molecule has 0 spiro atoms. The lowest BCUT2D eigenvalue weighted by Gasteiger charge is -2.13. The van der Waals surface area contributed by atoms with Gasteiger partial charge in [0.2, 0.25) is 5.88 Å². The smallest absolute Gasteiger partial charge is 0.218 e. The standard InChI is InChI=1S/C16H18BrFN2O/c1-11(2)21-16-13(4-3-7-20-16)10-19-9-12-5-6-14(17)15(18)8-12/h3-8,11,19H,9-10H2,1-2H3. The lowest BCUT2D eigenvalue weighted by atomic mass is 10.2. The van der Waals surface area contributed by atoms with Gasteiger partial charge in [0.05, 0.1) is 10.6 Å². The largest absolute Gasteiger partial charge is 0.475 e. The molecule has 0 amide bonds. The molecule has 2 aromatic rings. The van der Waals surface area contributed by atoms with Crippen molar-refractivity contribution in [3.63, 3.8) is 0 Å². The Labute approximate surface area is 132 Å². The Hall–Kier alpha value is -1.46. The molecule has 3 nitrogen and oxygen atoms in total. The molecule has 0 aliphatic carbocycles. The summed E-state index contributed by atoms with van der Waals surface area (Å²) in [6, 6.07) is 8.97. The van der Waals surface area contributed by atoms with E-state index < -0.39 is 0 Å². The van der Waals surface area contributed by atoms with Gasteiger partial charge in [0.1, 0.15) is 5.82 Å². The van der Waals surface area contributed by atoms with Gasteiger partial charge in [0, 0.05) is 24.8 Å². The number of benzene rings is 1. The van der Waals surface area contributed by atoms with Gasteiger partial charge in [-0.1, -0.05) is 12.1 Å². The molecular formula is C16H18BrFN2O. The van der Waals surface area contributed by atoms with Crippen LogP contribution < -0.4 is 10.1 Å². The maximum absolute atomic E-state index is 13.4. The van der Waals surface area contributed by atoms with E-state index in [0.29, 0.717) is 23.4 Å². The molecule has 0 unspecified atom stereocenters. The molecule has 1 N–H and O–H groups in total. The molecule has 0 saturated heterocycles. The van der Waals surface area contributed by atoms with E-state index in [1.807, 2.05) is 32.0 Å². The second-order valence-corrected chi connectivity index (χ2v) is 5.84. The fraction of sp³-hybridized carbons (Fsp3) is 0.312. The van der Waals surface area contributed by atoms with Crippen LogP contribution in [0.4, 0.5) is 4.39 Å². The first-order valence-electron chi connectivity index (χ1n) is 6.81. The number of hydrogen-bond donors (Lipinski definition) is 1. The van der Waals surface area contributed by atoms with Crippen LogP contribution in [0.1, 0.15) is 25.0 Å². The second-order valence-electron chi connectivity index (χ2n) is 4.99. The van der Waals surface area contributed by atoms with Crippen molar-refractivity contribution in [1.29, 1.82) is 0 Å². The van der Waals surface area contributed by atoms with Gasteiger partial charge in [-0.3, -0.25) is 0 Å². The van der Waals surface area contributed by atoms with Crippen molar-refractivity contribution in [2.45, 2.75) is 33.0 Å². The van der Waals surface area contributed by atoms with Crippen LogP contribution in [0.15, 0.2) is 41.0 Å². The quantitative estimate of drug-likeness (QED) is 0.851. The van der Waals surface area contributed by atoms with Crippen LogP contribution in [0.25, 0.3) is 0 Å². The van der Waals surface area contributed by atoms with Crippen molar-refractivity contribution in [3.8, 4) is 5.88 Å². The summed E-state index contributed by atoms with van der Waals surface area (Å²) in [6.07, 6.45) is 1.80. The Morgan fingerprint density at radius 2 is 2.10 bits per heavy atom. The van der Waals surface area contributed by atoms with Gasteiger partial charge >= 0.3 is 0 Å². The first-order chi connectivity index (χ1) is 10.1. The molecule has 5 heteroatoms. The van der Waals surface area contributed by atoms with E-state index in [1.54, 1.807) is 12.3 Å². The van der Waals surface area contributed by atoms with E-state index in [2.05, 4.69) is 26.2 Å². The van der Waals surface area contributed by atoms with Crippen molar-refractivity contribution in [3.05, 3.63) is 57.9 Å². The highest BCUT2D eigenvalue weighted by molar-refractivity contribution is 9.10. The summed E-state index contributed by atoms with van der Waals surface area (Å²) >= 11 is 3.15. The van der Waals surface area contributed by atoms with E-state index >= 15 is 0 Å². The number of hydrogen-bond acceptors (Lipinski definition) is 3. The lowest BCUT2D eigenvalue weighted by molar-refractivity contribution is 0.229. The first-order valence-corrected chi connectivity index (χ1v) is 7.60. The zero-order valence-corrected chi connectivity index (χ0v) is 13.7. The number of ether oxygens (including phenoxy) is 1. The van der Waals surface area contributed by atoms with Crippen molar-refractivity contribution in [1.82, 2.24) is 10.3 Å². The fourth-order valence-corrected chi connectivity index (χ4v) is 2.13. The number of pyridine rings is 1. The maximum atomic E-state index is 13.4. The Kier molecular flexibility index (Phi) is 5.70. The van der Waals surface area contributed by atoms with Crippen LogP contribution in [0.3, 0.4) is 0 Å². The van der Waals surface area contributed by atoms with E-state index in [1.165, 1.54) is 6.07 Å². The molecule has 0 saturated carbocycles. The summed E-state index contributed by atoms with van der Waals surface area (Å²) in [7, 11) is 0. The van der Waals surface area contributed by atoms with E-state index in [0.717, 1.165) is 11.1 Å². The van der Waals surface area contributed by atoms with Crippen LogP contribution in [-0.2, 0) is 13.1 Å². The van der Waals surface area contributed by atoms with E-state index in [4.69, 9.17) is 4.74 Å². The van der Waals surface area contributed by atoms with Crippen molar-refractivity contribution in [2.75, 3.05) is 0 Å². The topological polar surface area (TPSA) is 34.1 Å². The van der Waals surface area contributed by atoms with Crippen LogP contribution in [-0.4, -0.2) is 11.1 Å². The van der Waals surface area contributed by atoms with Crippen LogP contribution in [0, 0.1) is 5.82 Å². The summed E-state index contributed by atoms with van der Waals surface area (Å²) in [6.45, 7) is 5.14. The number of nitrogens with zero attached hydrogens (tertiary/aromatic N) is 1. The molecule has 0 atom stereocenters. The number of halogens is 2. The molecule has 2 rings (SSSR count). The van der Waals surface area contributed by atoms with Crippen LogP contribution >= 0.6 is 15.9 Å². The van der Waals surface area contributed by atoms with Gasteiger partial charge < -0.3 is 10.1 Å². The molecule has 0 radical (unpaired) electrons. The average Bonchev–Trinajstić information content (AvgIpc) is 2.44. The van der Waals surface area contributed by atoms with Crippen LogP contribution in [0.2, 0.25) is 0 Å².